The van der Waals surface area contributed by atoms with Gasteiger partial charge in [-0.15, -0.1) is 0 Å². The number of aromatic nitrogens is 2. The van der Waals surface area contributed by atoms with Crippen molar-refractivity contribution in [2.75, 3.05) is 12.0 Å². The van der Waals surface area contributed by atoms with E-state index in [-0.39, 0.29) is 22.2 Å². The van der Waals surface area contributed by atoms with Crippen LogP contribution in [0.25, 0.3) is 11.0 Å². The molecule has 2 aromatic heterocycles. The molecule has 3 rings (SSSR count). The quantitative estimate of drug-likeness (QED) is 0.688. The summed E-state index contributed by atoms with van der Waals surface area (Å²) in [5, 5.41) is 11.4. The molecule has 25 heavy (non-hydrogen) atoms. The predicted octanol–water partition coefficient (Wildman–Crippen LogP) is 3.56. The minimum absolute atomic E-state index is 0.0966. The van der Waals surface area contributed by atoms with Crippen LogP contribution in [-0.4, -0.2) is 26.7 Å². The van der Waals surface area contributed by atoms with E-state index >= 15 is 0 Å². The molecule has 1 unspecified atom stereocenters. The largest absolute Gasteiger partial charge is 0.503 e. The fourth-order valence-corrected chi connectivity index (χ4v) is 4.70. The molecule has 0 saturated carbocycles. The van der Waals surface area contributed by atoms with Crippen LogP contribution in [-0.2, 0) is 17.4 Å². The third-order valence-electron chi connectivity index (χ3n) is 4.29. The zero-order chi connectivity index (χ0) is 17.8. The molecule has 130 valence electrons. The summed E-state index contributed by atoms with van der Waals surface area (Å²) in [6.45, 7) is 2.58. The lowest BCUT2D eigenvalue weighted by molar-refractivity contribution is 0.463. The van der Waals surface area contributed by atoms with Gasteiger partial charge in [0.05, 0.1) is 11.9 Å². The van der Waals surface area contributed by atoms with Crippen molar-refractivity contribution in [3.63, 3.8) is 0 Å². The molecule has 0 bridgehead atoms. The fourth-order valence-electron chi connectivity index (χ4n) is 2.93. The maximum Gasteiger partial charge on any atom is 0.311 e. The van der Waals surface area contributed by atoms with Gasteiger partial charge in [-0.25, -0.2) is 4.98 Å². The topological polar surface area (TPSA) is 55.1 Å². The van der Waals surface area contributed by atoms with E-state index < -0.39 is 0 Å². The summed E-state index contributed by atoms with van der Waals surface area (Å²) in [7, 11) is -0.292. The van der Waals surface area contributed by atoms with Crippen LogP contribution in [0.2, 0.25) is 0 Å². The Kier molecular flexibility index (Phi) is 5.43. The number of hydrogen-bond acceptors (Lipinski definition) is 3. The van der Waals surface area contributed by atoms with Gasteiger partial charge >= 0.3 is 5.56 Å². The summed E-state index contributed by atoms with van der Waals surface area (Å²) in [5.41, 5.74) is 1.44. The van der Waals surface area contributed by atoms with Crippen LogP contribution in [0.1, 0.15) is 25.3 Å². The van der Waals surface area contributed by atoms with Gasteiger partial charge in [-0.1, -0.05) is 43.7 Å². The monoisotopic (exact) mass is 355 g/mol. The smallest absolute Gasteiger partial charge is 0.311 e. The minimum Gasteiger partial charge on any atom is -0.503 e. The third kappa shape index (κ3) is 3.56. The fraction of sp³-hybridized carbons (Fsp3) is 0.300. The summed E-state index contributed by atoms with van der Waals surface area (Å²) in [5.74, 6) is 1.01. The van der Waals surface area contributed by atoms with Gasteiger partial charge in [0.2, 0.25) is 0 Å². The van der Waals surface area contributed by atoms with Crippen molar-refractivity contribution in [2.45, 2.75) is 31.2 Å². The van der Waals surface area contributed by atoms with Gasteiger partial charge in [-0.3, -0.25) is 9.36 Å². The van der Waals surface area contributed by atoms with E-state index in [1.807, 2.05) is 42.7 Å². The Morgan fingerprint density at radius 3 is 2.64 bits per heavy atom. The molecular formula is C20H23N2O2S+. The van der Waals surface area contributed by atoms with Crippen molar-refractivity contribution in [1.29, 1.82) is 0 Å². The molecule has 0 fully saturated rings. The first-order chi connectivity index (χ1) is 12.1. The van der Waals surface area contributed by atoms with E-state index in [2.05, 4.69) is 11.9 Å². The molecule has 2 heterocycles. The van der Waals surface area contributed by atoms with Gasteiger partial charge in [-0.05, 0) is 24.1 Å². The van der Waals surface area contributed by atoms with Gasteiger partial charge < -0.3 is 5.11 Å². The number of unbranched alkanes of at least 4 members (excludes halogenated alkanes) is 1. The molecule has 0 saturated heterocycles. The highest BCUT2D eigenvalue weighted by atomic mass is 32.2. The highest BCUT2D eigenvalue weighted by Crippen LogP contribution is 2.29. The van der Waals surface area contributed by atoms with Crippen molar-refractivity contribution in [3.8, 4) is 5.75 Å². The Morgan fingerprint density at radius 2 is 1.92 bits per heavy atom. The lowest BCUT2D eigenvalue weighted by Gasteiger charge is -2.13. The van der Waals surface area contributed by atoms with Crippen molar-refractivity contribution < 1.29 is 5.11 Å². The first kappa shape index (κ1) is 17.5. The van der Waals surface area contributed by atoms with E-state index in [1.54, 1.807) is 16.8 Å². The molecule has 1 aromatic carbocycles. The summed E-state index contributed by atoms with van der Waals surface area (Å²) in [6, 6.07) is 13.5. The zero-order valence-corrected chi connectivity index (χ0v) is 15.4. The number of pyridine rings is 2. The van der Waals surface area contributed by atoms with Crippen LogP contribution in [0, 0.1) is 0 Å². The molecule has 0 aliphatic rings. The number of fused-ring (bicyclic) bond motifs is 1. The van der Waals surface area contributed by atoms with Gasteiger partial charge in [0.15, 0.2) is 5.75 Å². The lowest BCUT2D eigenvalue weighted by atomic mass is 10.2. The van der Waals surface area contributed by atoms with Crippen LogP contribution in [0.5, 0.6) is 5.75 Å². The summed E-state index contributed by atoms with van der Waals surface area (Å²) in [4.78, 5) is 18.1. The average Bonchev–Trinajstić information content (AvgIpc) is 2.64. The van der Waals surface area contributed by atoms with Crippen molar-refractivity contribution in [2.24, 2.45) is 0 Å². The van der Waals surface area contributed by atoms with Crippen LogP contribution >= 0.6 is 0 Å². The molecule has 0 aliphatic heterocycles. The molecule has 4 nitrogen and oxygen atoms in total. The molecule has 0 radical (unpaired) electrons. The molecule has 1 N–H and O–H groups in total. The summed E-state index contributed by atoms with van der Waals surface area (Å²) >= 11 is 0. The Hall–Kier alpha value is -2.27. The van der Waals surface area contributed by atoms with Crippen molar-refractivity contribution >= 4 is 21.9 Å². The number of nitrogens with zero attached hydrogens (tertiary/aromatic N) is 2. The first-order valence-electron chi connectivity index (χ1n) is 8.50. The molecule has 0 amide bonds. The second-order valence-electron chi connectivity index (χ2n) is 6.12. The zero-order valence-electron chi connectivity index (χ0n) is 14.6. The second-order valence-corrected chi connectivity index (χ2v) is 8.21. The molecule has 0 aliphatic carbocycles. The van der Waals surface area contributed by atoms with Gasteiger partial charge in [0, 0.05) is 17.1 Å². The predicted molar refractivity (Wildman–Crippen MR) is 105 cm³/mol. The van der Waals surface area contributed by atoms with Gasteiger partial charge in [-0.2, -0.15) is 0 Å². The van der Waals surface area contributed by atoms with Crippen molar-refractivity contribution in [1.82, 2.24) is 9.55 Å². The molecule has 3 aromatic rings. The van der Waals surface area contributed by atoms with E-state index in [4.69, 9.17) is 0 Å². The number of hydrogen-bond donors (Lipinski definition) is 1. The number of aromatic hydroxyl groups is 1. The number of rotatable bonds is 6. The van der Waals surface area contributed by atoms with E-state index in [0.29, 0.717) is 22.5 Å². The Labute approximate surface area is 150 Å². The minimum atomic E-state index is -0.292. The average molecular weight is 355 g/mol. The maximum absolute atomic E-state index is 13.2. The SMILES string of the molecule is CCCC[S+](C)c1c(O)c2cccnc2n(Cc2ccccc2)c1=O. The van der Waals surface area contributed by atoms with E-state index in [0.717, 1.165) is 24.2 Å². The highest BCUT2D eigenvalue weighted by molar-refractivity contribution is 7.96. The first-order valence-corrected chi connectivity index (χ1v) is 10.3. The van der Waals surface area contributed by atoms with Crippen LogP contribution < -0.4 is 5.56 Å². The standard InChI is InChI=1S/C20H22N2O2S/c1-3-4-13-25(2)18-17(23)16-11-8-12-21-19(16)22(20(18)24)14-15-9-6-5-7-10-15/h5-12H,3-4,13-14H2,1-2H3/p+1. The molecular weight excluding hydrogens is 332 g/mol. The molecule has 0 spiro atoms. The van der Waals surface area contributed by atoms with Crippen LogP contribution in [0.4, 0.5) is 0 Å². The second kappa shape index (κ2) is 7.74. The van der Waals surface area contributed by atoms with Crippen LogP contribution in [0.3, 0.4) is 0 Å². The summed E-state index contributed by atoms with van der Waals surface area (Å²) in [6.07, 6.45) is 5.82. The van der Waals surface area contributed by atoms with Gasteiger partial charge in [0.1, 0.15) is 17.7 Å². The Bertz CT molecular complexity index is 922. The normalized spacial score (nSPS) is 12.4. The Balaban J connectivity index is 2.19. The molecule has 5 heteroatoms. The van der Waals surface area contributed by atoms with E-state index in [1.165, 1.54) is 0 Å². The maximum atomic E-state index is 13.2. The Morgan fingerprint density at radius 1 is 1.16 bits per heavy atom. The lowest BCUT2D eigenvalue weighted by Crippen LogP contribution is -2.28. The molecule has 1 atom stereocenters. The van der Waals surface area contributed by atoms with Crippen LogP contribution in [0.15, 0.2) is 58.4 Å². The van der Waals surface area contributed by atoms with Gasteiger partial charge in [0.25, 0.3) is 4.90 Å². The third-order valence-corrected chi connectivity index (χ3v) is 6.25. The van der Waals surface area contributed by atoms with E-state index in [9.17, 15) is 9.90 Å². The highest BCUT2D eigenvalue weighted by Gasteiger charge is 2.28. The van der Waals surface area contributed by atoms with Crippen molar-refractivity contribution in [3.05, 3.63) is 64.6 Å². The number of benzene rings is 1. The summed E-state index contributed by atoms with van der Waals surface area (Å²) < 4.78 is 1.69.